The maximum absolute atomic E-state index is 13.4. The minimum atomic E-state index is -3.74. The normalized spacial score (nSPS) is 12.2. The van der Waals surface area contributed by atoms with Crippen molar-refractivity contribution in [1.82, 2.24) is 10.2 Å². The van der Waals surface area contributed by atoms with Crippen LogP contribution in [0.4, 0.5) is 5.69 Å². The van der Waals surface area contributed by atoms with E-state index >= 15 is 0 Å². The molecule has 0 aliphatic rings. The van der Waals surface area contributed by atoms with E-state index in [-0.39, 0.29) is 12.5 Å². The average Bonchev–Trinajstić information content (AvgIpc) is 2.70. The van der Waals surface area contributed by atoms with Gasteiger partial charge in [0.15, 0.2) is 0 Å². The molecule has 2 amide bonds. The highest BCUT2D eigenvalue weighted by Crippen LogP contribution is 2.23. The topological polar surface area (TPSA) is 86.8 Å². The van der Waals surface area contributed by atoms with Crippen molar-refractivity contribution in [3.8, 4) is 0 Å². The van der Waals surface area contributed by atoms with Crippen LogP contribution in [-0.4, -0.2) is 51.0 Å². The molecule has 31 heavy (non-hydrogen) atoms. The number of hydrogen-bond acceptors (Lipinski definition) is 4. The molecule has 0 radical (unpaired) electrons. The molecular weight excluding hydrogens is 482 g/mol. The third kappa shape index (κ3) is 6.80. The molecule has 2 aromatic carbocycles. The van der Waals surface area contributed by atoms with E-state index in [0.29, 0.717) is 16.6 Å². The van der Waals surface area contributed by atoms with E-state index in [1.54, 1.807) is 24.3 Å². The lowest BCUT2D eigenvalue weighted by Crippen LogP contribution is -2.51. The van der Waals surface area contributed by atoms with E-state index < -0.39 is 28.5 Å². The number of benzene rings is 2. The summed E-state index contributed by atoms with van der Waals surface area (Å²) in [6.07, 6.45) is 1.45. The molecule has 2 aromatic rings. The molecule has 0 aliphatic carbocycles. The van der Waals surface area contributed by atoms with Crippen molar-refractivity contribution in [3.63, 3.8) is 0 Å². The molecule has 9 heteroatoms. The Morgan fingerprint density at radius 3 is 2.35 bits per heavy atom. The number of likely N-dealkylation sites (N-methyl/N-ethyl adjacent to an activating group) is 1. The third-order valence-electron chi connectivity index (χ3n) is 4.84. The fourth-order valence-electron chi connectivity index (χ4n) is 3.34. The van der Waals surface area contributed by atoms with Crippen molar-refractivity contribution >= 4 is 43.5 Å². The molecular formula is C22H28BrN3O4S. The van der Waals surface area contributed by atoms with Gasteiger partial charge in [-0.25, -0.2) is 8.42 Å². The number of nitrogens with zero attached hydrogens (tertiary/aromatic N) is 2. The molecule has 0 aliphatic heterocycles. The van der Waals surface area contributed by atoms with Crippen molar-refractivity contribution in [1.29, 1.82) is 0 Å². The summed E-state index contributed by atoms with van der Waals surface area (Å²) in [6.45, 7) is 3.56. The lowest BCUT2D eigenvalue weighted by atomic mass is 10.1. The molecule has 7 nitrogen and oxygen atoms in total. The fraction of sp³-hybridized carbons (Fsp3) is 0.364. The molecule has 0 bridgehead atoms. The number of aryl methyl sites for hydroxylation is 1. The van der Waals surface area contributed by atoms with E-state index in [1.807, 2.05) is 38.1 Å². The van der Waals surface area contributed by atoms with Crippen molar-refractivity contribution in [3.05, 3.63) is 64.1 Å². The van der Waals surface area contributed by atoms with Gasteiger partial charge in [-0.15, -0.1) is 0 Å². The first-order chi connectivity index (χ1) is 14.6. The van der Waals surface area contributed by atoms with Gasteiger partial charge in [0.25, 0.3) is 0 Å². The Labute approximate surface area is 192 Å². The highest BCUT2D eigenvalue weighted by molar-refractivity contribution is 9.10. The number of sulfonamides is 1. The van der Waals surface area contributed by atoms with Crippen LogP contribution in [0.3, 0.4) is 0 Å². The van der Waals surface area contributed by atoms with Crippen molar-refractivity contribution in [2.75, 3.05) is 24.2 Å². The summed E-state index contributed by atoms with van der Waals surface area (Å²) in [7, 11) is -2.22. The van der Waals surface area contributed by atoms with Gasteiger partial charge in [0, 0.05) is 18.1 Å². The summed E-state index contributed by atoms with van der Waals surface area (Å²) in [6, 6.07) is 13.7. The summed E-state index contributed by atoms with van der Waals surface area (Å²) < 4.78 is 26.7. The van der Waals surface area contributed by atoms with Crippen LogP contribution in [0.2, 0.25) is 0 Å². The Morgan fingerprint density at radius 2 is 1.81 bits per heavy atom. The lowest BCUT2D eigenvalue weighted by molar-refractivity contribution is -0.140. The van der Waals surface area contributed by atoms with Gasteiger partial charge in [0.1, 0.15) is 12.6 Å². The Morgan fingerprint density at radius 1 is 1.13 bits per heavy atom. The van der Waals surface area contributed by atoms with Gasteiger partial charge in [-0.1, -0.05) is 58.7 Å². The Balaban J connectivity index is 2.43. The van der Waals surface area contributed by atoms with Crippen molar-refractivity contribution in [2.24, 2.45) is 0 Å². The minimum Gasteiger partial charge on any atom is -0.357 e. The van der Waals surface area contributed by atoms with Gasteiger partial charge >= 0.3 is 0 Å². The third-order valence-corrected chi connectivity index (χ3v) is 6.48. The smallest absolute Gasteiger partial charge is 0.244 e. The molecule has 1 atom stereocenters. The summed E-state index contributed by atoms with van der Waals surface area (Å²) in [5, 5.41) is 2.60. The zero-order valence-corrected chi connectivity index (χ0v) is 20.5. The summed E-state index contributed by atoms with van der Waals surface area (Å²) in [4.78, 5) is 27.3. The molecule has 1 N–H and O–H groups in total. The lowest BCUT2D eigenvalue weighted by Gasteiger charge is -2.32. The van der Waals surface area contributed by atoms with Crippen LogP contribution in [-0.2, 0) is 26.2 Å². The van der Waals surface area contributed by atoms with Crippen molar-refractivity contribution in [2.45, 2.75) is 32.9 Å². The summed E-state index contributed by atoms with van der Waals surface area (Å²) in [5.41, 5.74) is 2.27. The van der Waals surface area contributed by atoms with Crippen LogP contribution in [0.5, 0.6) is 0 Å². The van der Waals surface area contributed by atoms with Crippen LogP contribution < -0.4 is 9.62 Å². The van der Waals surface area contributed by atoms with Gasteiger partial charge in [-0.2, -0.15) is 0 Å². The summed E-state index contributed by atoms with van der Waals surface area (Å²) >= 11 is 3.34. The Hall–Kier alpha value is -2.39. The van der Waals surface area contributed by atoms with Gasteiger partial charge < -0.3 is 10.2 Å². The number of nitrogens with one attached hydrogen (secondary N) is 1. The number of hydrogen-bond donors (Lipinski definition) is 1. The van der Waals surface area contributed by atoms with Crippen LogP contribution in [0, 0.1) is 6.92 Å². The van der Waals surface area contributed by atoms with E-state index in [2.05, 4.69) is 21.2 Å². The van der Waals surface area contributed by atoms with E-state index in [4.69, 9.17) is 0 Å². The van der Waals surface area contributed by atoms with Crippen LogP contribution in [0.25, 0.3) is 0 Å². The van der Waals surface area contributed by atoms with E-state index in [9.17, 15) is 18.0 Å². The predicted molar refractivity (Wildman–Crippen MR) is 126 cm³/mol. The molecule has 2 rings (SSSR count). The second-order valence-corrected chi connectivity index (χ2v) is 10.1. The largest absolute Gasteiger partial charge is 0.357 e. The molecule has 1 unspecified atom stereocenters. The monoisotopic (exact) mass is 509 g/mol. The maximum Gasteiger partial charge on any atom is 0.244 e. The number of carbonyl (C=O) groups excluding carboxylic acids is 2. The molecule has 0 heterocycles. The van der Waals surface area contributed by atoms with Gasteiger partial charge in [-0.3, -0.25) is 13.9 Å². The highest BCUT2D eigenvalue weighted by atomic mass is 79.9. The first kappa shape index (κ1) is 24.9. The van der Waals surface area contributed by atoms with Crippen molar-refractivity contribution < 1.29 is 18.0 Å². The van der Waals surface area contributed by atoms with Gasteiger partial charge in [0.2, 0.25) is 21.8 Å². The van der Waals surface area contributed by atoms with Crippen LogP contribution in [0.1, 0.15) is 24.5 Å². The van der Waals surface area contributed by atoms with E-state index in [0.717, 1.165) is 21.7 Å². The highest BCUT2D eigenvalue weighted by Gasteiger charge is 2.31. The van der Waals surface area contributed by atoms with Crippen LogP contribution in [0.15, 0.2) is 53.0 Å². The van der Waals surface area contributed by atoms with Gasteiger partial charge in [0.05, 0.1) is 11.9 Å². The molecule has 0 fully saturated rings. The van der Waals surface area contributed by atoms with E-state index in [1.165, 1.54) is 11.9 Å². The zero-order valence-electron chi connectivity index (χ0n) is 18.1. The number of anilines is 1. The molecule has 0 spiro atoms. The second-order valence-electron chi connectivity index (χ2n) is 7.30. The minimum absolute atomic E-state index is 0.197. The number of halogens is 1. The molecule has 168 valence electrons. The Bertz CT molecular complexity index is 1040. The molecule has 0 saturated heterocycles. The Kier molecular flexibility index (Phi) is 8.64. The molecule has 0 saturated carbocycles. The fourth-order valence-corrected chi connectivity index (χ4v) is 4.57. The van der Waals surface area contributed by atoms with Gasteiger partial charge in [-0.05, 0) is 37.1 Å². The predicted octanol–water partition coefficient (Wildman–Crippen LogP) is 3.08. The number of rotatable bonds is 9. The quantitative estimate of drug-likeness (QED) is 0.562. The maximum atomic E-state index is 13.4. The second kappa shape index (κ2) is 10.8. The number of carbonyl (C=O) groups is 2. The first-order valence-electron chi connectivity index (χ1n) is 9.86. The average molecular weight is 510 g/mol. The SMILES string of the molecule is CCC(C(=O)NC)N(Cc1cccc(C)c1)C(=O)CN(c1cccc(Br)c1)S(C)(=O)=O. The van der Waals surface area contributed by atoms with Crippen LogP contribution >= 0.6 is 15.9 Å². The first-order valence-corrected chi connectivity index (χ1v) is 12.5. The number of amides is 2. The molecule has 0 aromatic heterocycles. The standard InChI is InChI=1S/C22H28BrN3O4S/c1-5-20(22(28)24-3)25(14-17-9-6-8-16(2)12-17)21(27)15-26(31(4,29)30)19-11-7-10-18(23)13-19/h6-13,20H,5,14-15H2,1-4H3,(H,24,28). The summed E-state index contributed by atoms with van der Waals surface area (Å²) in [5.74, 6) is -0.751. The zero-order chi connectivity index (χ0) is 23.2.